The Bertz CT molecular complexity index is 575. The van der Waals surface area contributed by atoms with Crippen molar-refractivity contribution >= 4 is 11.6 Å². The Kier molecular flexibility index (Phi) is 5.14. The molecular formula is C13H8ClF5N2. The smallest absolute Gasteiger partial charge is 0.205 e. The van der Waals surface area contributed by atoms with E-state index in [-0.39, 0.29) is 5.56 Å². The average molecular weight is 323 g/mol. The van der Waals surface area contributed by atoms with E-state index in [1.54, 1.807) is 0 Å². The fourth-order valence-corrected chi connectivity index (χ4v) is 1.83. The molecule has 112 valence electrons. The van der Waals surface area contributed by atoms with Gasteiger partial charge in [-0.05, 0) is 24.1 Å². The zero-order valence-electron chi connectivity index (χ0n) is 10.4. The first-order valence-corrected chi connectivity index (χ1v) is 6.03. The van der Waals surface area contributed by atoms with Gasteiger partial charge in [-0.25, -0.2) is 8.78 Å². The molecule has 0 aromatic heterocycles. The summed E-state index contributed by atoms with van der Waals surface area (Å²) in [6.07, 6.45) is -7.18. The molecule has 21 heavy (non-hydrogen) atoms. The minimum Gasteiger partial charge on any atom is -0.205 e. The van der Waals surface area contributed by atoms with Crippen molar-refractivity contribution in [3.63, 3.8) is 0 Å². The molecule has 1 rings (SSSR count). The Hall–Kier alpha value is -1.86. The van der Waals surface area contributed by atoms with Crippen LogP contribution in [0.5, 0.6) is 0 Å². The third kappa shape index (κ3) is 4.57. The van der Waals surface area contributed by atoms with E-state index in [2.05, 4.69) is 0 Å². The lowest BCUT2D eigenvalue weighted by atomic mass is 9.80. The summed E-state index contributed by atoms with van der Waals surface area (Å²) in [6.45, 7) is 0. The maximum Gasteiger partial charge on any atom is 0.389 e. The van der Waals surface area contributed by atoms with Crippen LogP contribution in [0.3, 0.4) is 0 Å². The lowest BCUT2D eigenvalue weighted by Crippen LogP contribution is -2.23. The molecule has 0 aliphatic heterocycles. The van der Waals surface area contributed by atoms with E-state index >= 15 is 0 Å². The third-order valence-electron chi connectivity index (χ3n) is 2.81. The Balaban J connectivity index is 3.05. The second-order valence-corrected chi connectivity index (χ2v) is 4.85. The van der Waals surface area contributed by atoms with Crippen LogP contribution < -0.4 is 0 Å². The van der Waals surface area contributed by atoms with Crippen LogP contribution in [-0.4, -0.2) is 6.18 Å². The standard InChI is InChI=1S/C13H8ClF5N2/c14-11-9(15)3-8(4-10(11)16)5-12(6-20,7-21)1-2-13(17,18)19/h3-4H,1-2,5H2. The molecule has 0 saturated heterocycles. The molecular weight excluding hydrogens is 315 g/mol. The number of alkyl halides is 3. The minimum absolute atomic E-state index is 0.111. The van der Waals surface area contributed by atoms with Crippen LogP contribution in [0.25, 0.3) is 0 Å². The average Bonchev–Trinajstić information content (AvgIpc) is 2.40. The topological polar surface area (TPSA) is 47.6 Å². The number of nitriles is 2. The maximum atomic E-state index is 13.3. The Morgan fingerprint density at radius 3 is 1.86 bits per heavy atom. The van der Waals surface area contributed by atoms with Crippen molar-refractivity contribution in [3.05, 3.63) is 34.4 Å². The Morgan fingerprint density at radius 2 is 1.48 bits per heavy atom. The van der Waals surface area contributed by atoms with Crippen LogP contribution in [0.2, 0.25) is 5.02 Å². The summed E-state index contributed by atoms with van der Waals surface area (Å²) in [4.78, 5) is 0. The molecule has 1 aromatic rings. The molecule has 0 saturated carbocycles. The zero-order chi connectivity index (χ0) is 16.3. The van der Waals surface area contributed by atoms with E-state index in [4.69, 9.17) is 22.1 Å². The number of hydrogen-bond donors (Lipinski definition) is 0. The molecule has 0 fully saturated rings. The zero-order valence-corrected chi connectivity index (χ0v) is 11.2. The quantitative estimate of drug-likeness (QED) is 0.603. The fraction of sp³-hybridized carbons (Fsp3) is 0.385. The van der Waals surface area contributed by atoms with Crippen molar-refractivity contribution < 1.29 is 22.0 Å². The first-order valence-electron chi connectivity index (χ1n) is 5.65. The van der Waals surface area contributed by atoms with E-state index in [0.29, 0.717) is 0 Å². The van der Waals surface area contributed by atoms with E-state index in [9.17, 15) is 22.0 Å². The van der Waals surface area contributed by atoms with Gasteiger partial charge in [-0.3, -0.25) is 0 Å². The number of halogens is 6. The first-order chi connectivity index (χ1) is 9.62. The molecule has 0 aliphatic rings. The van der Waals surface area contributed by atoms with Gasteiger partial charge in [0.25, 0.3) is 0 Å². The van der Waals surface area contributed by atoms with Gasteiger partial charge in [0.05, 0.1) is 12.1 Å². The lowest BCUT2D eigenvalue weighted by molar-refractivity contribution is -0.138. The Morgan fingerprint density at radius 1 is 1.00 bits per heavy atom. The monoisotopic (exact) mass is 322 g/mol. The van der Waals surface area contributed by atoms with Gasteiger partial charge in [-0.15, -0.1) is 0 Å². The van der Waals surface area contributed by atoms with Gasteiger partial charge in [0, 0.05) is 12.8 Å². The summed E-state index contributed by atoms with van der Waals surface area (Å²) in [5.74, 6) is -2.21. The molecule has 0 bridgehead atoms. The molecule has 0 aliphatic carbocycles. The van der Waals surface area contributed by atoms with Gasteiger partial charge in [0.1, 0.15) is 22.1 Å². The second-order valence-electron chi connectivity index (χ2n) is 4.47. The van der Waals surface area contributed by atoms with E-state index in [0.717, 1.165) is 12.1 Å². The molecule has 0 unspecified atom stereocenters. The Labute approximate surface area is 122 Å². The van der Waals surface area contributed by atoms with Gasteiger partial charge < -0.3 is 0 Å². The van der Waals surface area contributed by atoms with Gasteiger partial charge in [0.15, 0.2) is 0 Å². The highest BCUT2D eigenvalue weighted by molar-refractivity contribution is 6.30. The number of benzene rings is 1. The summed E-state index contributed by atoms with van der Waals surface area (Å²) in [5.41, 5.74) is -2.12. The molecule has 0 amide bonds. The molecule has 8 heteroatoms. The SMILES string of the molecule is N#CC(C#N)(CCC(F)(F)F)Cc1cc(F)c(Cl)c(F)c1. The van der Waals surface area contributed by atoms with Gasteiger partial charge in [-0.2, -0.15) is 23.7 Å². The minimum atomic E-state index is -4.53. The maximum absolute atomic E-state index is 13.3. The summed E-state index contributed by atoms with van der Waals surface area (Å²) in [5, 5.41) is 17.2. The highest BCUT2D eigenvalue weighted by atomic mass is 35.5. The van der Waals surface area contributed by atoms with Crippen molar-refractivity contribution in [2.24, 2.45) is 5.41 Å². The molecule has 0 N–H and O–H groups in total. The fourth-order valence-electron chi connectivity index (χ4n) is 1.72. The molecule has 2 nitrogen and oxygen atoms in total. The van der Waals surface area contributed by atoms with E-state index in [1.165, 1.54) is 12.1 Å². The van der Waals surface area contributed by atoms with Crippen LogP contribution >= 0.6 is 11.6 Å². The van der Waals surface area contributed by atoms with Crippen LogP contribution in [-0.2, 0) is 6.42 Å². The number of rotatable bonds is 4. The van der Waals surface area contributed by atoms with Gasteiger partial charge >= 0.3 is 6.18 Å². The van der Waals surface area contributed by atoms with Crippen LogP contribution in [0.4, 0.5) is 22.0 Å². The predicted octanol–water partition coefficient (Wildman–Crippen LogP) is 4.54. The molecule has 0 radical (unpaired) electrons. The van der Waals surface area contributed by atoms with Crippen LogP contribution in [0.15, 0.2) is 12.1 Å². The summed E-state index contributed by atoms with van der Waals surface area (Å²) >= 11 is 5.28. The van der Waals surface area contributed by atoms with Gasteiger partial charge in [-0.1, -0.05) is 11.6 Å². The summed E-state index contributed by atoms with van der Waals surface area (Å²) in [7, 11) is 0. The van der Waals surface area contributed by atoms with Crippen molar-refractivity contribution in [2.45, 2.75) is 25.4 Å². The third-order valence-corrected chi connectivity index (χ3v) is 3.17. The van der Waals surface area contributed by atoms with Crippen molar-refractivity contribution in [1.29, 1.82) is 10.5 Å². The van der Waals surface area contributed by atoms with E-state index < -0.39 is 47.5 Å². The van der Waals surface area contributed by atoms with E-state index in [1.807, 2.05) is 0 Å². The molecule has 0 heterocycles. The highest BCUT2D eigenvalue weighted by Crippen LogP contribution is 2.34. The normalized spacial score (nSPS) is 11.8. The number of hydrogen-bond acceptors (Lipinski definition) is 2. The van der Waals surface area contributed by atoms with Crippen molar-refractivity contribution in [2.75, 3.05) is 0 Å². The second kappa shape index (κ2) is 6.28. The summed E-state index contributed by atoms with van der Waals surface area (Å²) in [6, 6.07) is 4.59. The highest BCUT2D eigenvalue weighted by Gasteiger charge is 2.37. The first kappa shape index (κ1) is 17.2. The van der Waals surface area contributed by atoms with Crippen LogP contribution in [0.1, 0.15) is 18.4 Å². The van der Waals surface area contributed by atoms with Crippen molar-refractivity contribution in [3.8, 4) is 12.1 Å². The lowest BCUT2D eigenvalue weighted by Gasteiger charge is -2.19. The molecule has 0 atom stereocenters. The number of nitrogens with zero attached hydrogens (tertiary/aromatic N) is 2. The van der Waals surface area contributed by atoms with Gasteiger partial charge in [0.2, 0.25) is 0 Å². The predicted molar refractivity (Wildman–Crippen MR) is 64.0 cm³/mol. The largest absolute Gasteiger partial charge is 0.389 e. The van der Waals surface area contributed by atoms with Crippen molar-refractivity contribution in [1.82, 2.24) is 0 Å². The molecule has 0 spiro atoms. The van der Waals surface area contributed by atoms with Crippen LogP contribution in [0, 0.1) is 39.7 Å². The summed E-state index contributed by atoms with van der Waals surface area (Å²) < 4.78 is 63.2. The molecule has 1 aromatic carbocycles.